The lowest BCUT2D eigenvalue weighted by atomic mass is 9.87. The molecule has 1 atom stereocenters. The zero-order chi connectivity index (χ0) is 9.78. The van der Waals surface area contributed by atoms with Crippen molar-refractivity contribution in [2.75, 3.05) is 6.61 Å². The summed E-state index contributed by atoms with van der Waals surface area (Å²) >= 11 is 0. The van der Waals surface area contributed by atoms with Gasteiger partial charge in [0.2, 0.25) is 5.91 Å². The third kappa shape index (κ3) is 3.72. The Balaban J connectivity index is 4.09. The van der Waals surface area contributed by atoms with Gasteiger partial charge in [-0.3, -0.25) is 4.79 Å². The van der Waals surface area contributed by atoms with E-state index in [1.807, 2.05) is 20.8 Å². The predicted molar refractivity (Wildman–Crippen MR) is 48.8 cm³/mol. The smallest absolute Gasteiger partial charge is 0.220 e. The quantitative estimate of drug-likeness (QED) is 0.666. The van der Waals surface area contributed by atoms with Crippen molar-refractivity contribution in [2.45, 2.75) is 40.2 Å². The molecule has 72 valence electrons. The summed E-state index contributed by atoms with van der Waals surface area (Å²) in [4.78, 5) is 11.0. The predicted octanol–water partition coefficient (Wildman–Crippen LogP) is 0.920. The van der Waals surface area contributed by atoms with Gasteiger partial charge in [0.15, 0.2) is 0 Å². The summed E-state index contributed by atoms with van der Waals surface area (Å²) in [5, 5.41) is 11.8. The fourth-order valence-corrected chi connectivity index (χ4v) is 0.832. The SMILES string of the molecule is CCC(=O)N[C@@H](CO)C(C)(C)C. The molecule has 1 amide bonds. The molecule has 0 aliphatic carbocycles. The molecule has 0 aliphatic rings. The number of nitrogens with one attached hydrogen (secondary N) is 1. The molecular weight excluding hydrogens is 154 g/mol. The van der Waals surface area contributed by atoms with Crippen LogP contribution in [0.1, 0.15) is 34.1 Å². The van der Waals surface area contributed by atoms with E-state index in [-0.39, 0.29) is 24.0 Å². The standard InChI is InChI=1S/C9H19NO2/c1-5-8(12)10-7(6-11)9(2,3)4/h7,11H,5-6H2,1-4H3,(H,10,12)/t7-/m0/s1. The van der Waals surface area contributed by atoms with E-state index in [4.69, 9.17) is 5.11 Å². The molecule has 0 aliphatic heterocycles. The summed E-state index contributed by atoms with van der Waals surface area (Å²) in [6.07, 6.45) is 0.465. The average molecular weight is 173 g/mol. The van der Waals surface area contributed by atoms with Crippen LogP contribution in [-0.4, -0.2) is 23.7 Å². The summed E-state index contributed by atoms with van der Waals surface area (Å²) in [7, 11) is 0. The third-order valence-corrected chi connectivity index (χ3v) is 1.88. The van der Waals surface area contributed by atoms with Crippen molar-refractivity contribution in [2.24, 2.45) is 5.41 Å². The number of carbonyl (C=O) groups excluding carboxylic acids is 1. The van der Waals surface area contributed by atoms with Crippen LogP contribution in [-0.2, 0) is 4.79 Å². The monoisotopic (exact) mass is 173 g/mol. The Morgan fingerprint density at radius 1 is 1.50 bits per heavy atom. The highest BCUT2D eigenvalue weighted by atomic mass is 16.3. The van der Waals surface area contributed by atoms with Crippen LogP contribution in [0.5, 0.6) is 0 Å². The molecule has 0 aromatic carbocycles. The van der Waals surface area contributed by atoms with Crippen LogP contribution in [0, 0.1) is 5.41 Å². The highest BCUT2D eigenvalue weighted by molar-refractivity contribution is 5.75. The number of hydrogen-bond donors (Lipinski definition) is 2. The molecule has 0 unspecified atom stereocenters. The van der Waals surface area contributed by atoms with Crippen molar-refractivity contribution in [1.82, 2.24) is 5.32 Å². The lowest BCUT2D eigenvalue weighted by molar-refractivity contribution is -0.122. The Hall–Kier alpha value is -0.570. The lowest BCUT2D eigenvalue weighted by Crippen LogP contribution is -2.45. The van der Waals surface area contributed by atoms with Gasteiger partial charge in [-0.1, -0.05) is 27.7 Å². The van der Waals surface area contributed by atoms with Crippen molar-refractivity contribution in [3.8, 4) is 0 Å². The zero-order valence-corrected chi connectivity index (χ0v) is 8.35. The fraction of sp³-hybridized carbons (Fsp3) is 0.889. The van der Waals surface area contributed by atoms with Crippen molar-refractivity contribution in [1.29, 1.82) is 0 Å². The number of aliphatic hydroxyl groups is 1. The summed E-state index contributed by atoms with van der Waals surface area (Å²) in [5.41, 5.74) is -0.0837. The van der Waals surface area contributed by atoms with Crippen molar-refractivity contribution in [3.63, 3.8) is 0 Å². The zero-order valence-electron chi connectivity index (χ0n) is 8.35. The van der Waals surface area contributed by atoms with Crippen LogP contribution in [0.25, 0.3) is 0 Å². The van der Waals surface area contributed by atoms with E-state index < -0.39 is 0 Å². The Kier molecular flexibility index (Phi) is 4.24. The first-order valence-corrected chi connectivity index (χ1v) is 4.32. The molecule has 0 aromatic rings. The Morgan fingerprint density at radius 3 is 2.25 bits per heavy atom. The first kappa shape index (κ1) is 11.4. The maximum atomic E-state index is 11.0. The maximum Gasteiger partial charge on any atom is 0.220 e. The highest BCUT2D eigenvalue weighted by Crippen LogP contribution is 2.18. The third-order valence-electron chi connectivity index (χ3n) is 1.88. The largest absolute Gasteiger partial charge is 0.394 e. The Labute approximate surface area is 74.2 Å². The number of rotatable bonds is 3. The van der Waals surface area contributed by atoms with E-state index in [1.54, 1.807) is 6.92 Å². The van der Waals surface area contributed by atoms with Gasteiger partial charge in [-0.05, 0) is 5.41 Å². The fourth-order valence-electron chi connectivity index (χ4n) is 0.832. The second-order valence-electron chi connectivity index (χ2n) is 4.02. The van der Waals surface area contributed by atoms with E-state index in [1.165, 1.54) is 0 Å². The topological polar surface area (TPSA) is 49.3 Å². The summed E-state index contributed by atoms with van der Waals surface area (Å²) in [6.45, 7) is 7.76. The first-order chi connectivity index (χ1) is 5.41. The lowest BCUT2D eigenvalue weighted by Gasteiger charge is -2.29. The maximum absolute atomic E-state index is 11.0. The van der Waals surface area contributed by atoms with Crippen molar-refractivity contribution < 1.29 is 9.90 Å². The van der Waals surface area contributed by atoms with Gasteiger partial charge in [-0.15, -0.1) is 0 Å². The van der Waals surface area contributed by atoms with E-state index in [0.29, 0.717) is 6.42 Å². The Morgan fingerprint density at radius 2 is 2.00 bits per heavy atom. The Bertz CT molecular complexity index is 149. The molecule has 3 nitrogen and oxygen atoms in total. The van der Waals surface area contributed by atoms with Crippen LogP contribution >= 0.6 is 0 Å². The molecule has 3 heteroatoms. The van der Waals surface area contributed by atoms with E-state index in [9.17, 15) is 4.79 Å². The first-order valence-electron chi connectivity index (χ1n) is 4.32. The molecule has 0 saturated carbocycles. The van der Waals surface area contributed by atoms with Gasteiger partial charge in [0.25, 0.3) is 0 Å². The molecule has 0 heterocycles. The summed E-state index contributed by atoms with van der Waals surface area (Å²) < 4.78 is 0. The van der Waals surface area contributed by atoms with Gasteiger partial charge in [0.1, 0.15) is 0 Å². The highest BCUT2D eigenvalue weighted by Gasteiger charge is 2.24. The number of carbonyl (C=O) groups is 1. The molecule has 0 rings (SSSR count). The van der Waals surface area contributed by atoms with E-state index >= 15 is 0 Å². The number of aliphatic hydroxyl groups excluding tert-OH is 1. The van der Waals surface area contributed by atoms with E-state index in [0.717, 1.165) is 0 Å². The molecule has 0 bridgehead atoms. The van der Waals surface area contributed by atoms with Crippen LogP contribution in [0.3, 0.4) is 0 Å². The van der Waals surface area contributed by atoms with Gasteiger partial charge >= 0.3 is 0 Å². The molecular formula is C9H19NO2. The van der Waals surface area contributed by atoms with E-state index in [2.05, 4.69) is 5.32 Å². The second kappa shape index (κ2) is 4.45. The average Bonchev–Trinajstić information content (AvgIpc) is 1.97. The van der Waals surface area contributed by atoms with Crippen LogP contribution in [0.4, 0.5) is 0 Å². The molecule has 12 heavy (non-hydrogen) atoms. The minimum Gasteiger partial charge on any atom is -0.394 e. The van der Waals surface area contributed by atoms with Crippen LogP contribution in [0.15, 0.2) is 0 Å². The molecule has 0 fully saturated rings. The van der Waals surface area contributed by atoms with Crippen molar-refractivity contribution >= 4 is 5.91 Å². The number of hydrogen-bond acceptors (Lipinski definition) is 2. The normalized spacial score (nSPS) is 14.1. The molecule has 0 radical (unpaired) electrons. The summed E-state index contributed by atoms with van der Waals surface area (Å²) in [6, 6.07) is -0.148. The van der Waals surface area contributed by atoms with Crippen LogP contribution in [0.2, 0.25) is 0 Å². The number of amides is 1. The molecule has 0 aromatic heterocycles. The van der Waals surface area contributed by atoms with Gasteiger partial charge in [0, 0.05) is 6.42 Å². The van der Waals surface area contributed by atoms with Gasteiger partial charge in [-0.2, -0.15) is 0 Å². The van der Waals surface area contributed by atoms with Gasteiger partial charge in [0.05, 0.1) is 12.6 Å². The summed E-state index contributed by atoms with van der Waals surface area (Å²) in [5.74, 6) is -0.0102. The van der Waals surface area contributed by atoms with Crippen LogP contribution < -0.4 is 5.32 Å². The van der Waals surface area contributed by atoms with Gasteiger partial charge in [-0.25, -0.2) is 0 Å². The van der Waals surface area contributed by atoms with Crippen molar-refractivity contribution in [3.05, 3.63) is 0 Å². The molecule has 0 saturated heterocycles. The molecule has 0 spiro atoms. The van der Waals surface area contributed by atoms with Gasteiger partial charge < -0.3 is 10.4 Å². The minimum absolute atomic E-state index is 0.00472. The second-order valence-corrected chi connectivity index (χ2v) is 4.02. The minimum atomic E-state index is -0.148. The molecule has 2 N–H and O–H groups in total.